The number of aromatic nitrogens is 1. The molecule has 1 atom stereocenters. The van der Waals surface area contributed by atoms with Crippen LogP contribution in [-0.2, 0) is 0 Å². The van der Waals surface area contributed by atoms with Crippen molar-refractivity contribution >= 4 is 26.7 Å². The molecule has 0 fully saturated rings. The summed E-state index contributed by atoms with van der Waals surface area (Å²) in [5, 5.41) is 4.49. The Kier molecular flexibility index (Phi) is 3.67. The largest absolute Gasteiger partial charge is 0.361 e. The van der Waals surface area contributed by atoms with Crippen LogP contribution in [0.2, 0.25) is 0 Å². The van der Waals surface area contributed by atoms with Gasteiger partial charge in [-0.15, -0.1) is 0 Å². The molecular weight excluding hydrogens is 228 g/mol. The van der Waals surface area contributed by atoms with Crippen molar-refractivity contribution in [3.05, 3.63) is 23.8 Å². The second kappa shape index (κ2) is 5.05. The number of rotatable bonds is 4. The number of anilines is 1. The quantitative estimate of drug-likeness (QED) is 0.872. The van der Waals surface area contributed by atoms with Gasteiger partial charge in [0, 0.05) is 6.54 Å². The highest BCUT2D eigenvalue weighted by Gasteiger charge is 2.09. The molecule has 2 aromatic rings. The molecule has 0 saturated carbocycles. The summed E-state index contributed by atoms with van der Waals surface area (Å²) in [6.07, 6.45) is 0. The third kappa shape index (κ3) is 2.78. The van der Waals surface area contributed by atoms with E-state index < -0.39 is 0 Å². The number of nitrogens with one attached hydrogen (secondary N) is 1. The summed E-state index contributed by atoms with van der Waals surface area (Å²) in [7, 11) is 0. The van der Waals surface area contributed by atoms with Gasteiger partial charge in [-0.25, -0.2) is 4.98 Å². The average molecular weight is 248 g/mol. The van der Waals surface area contributed by atoms with Crippen LogP contribution in [-0.4, -0.2) is 11.5 Å². The molecule has 3 heteroatoms. The zero-order valence-corrected chi connectivity index (χ0v) is 11.8. The number of para-hydroxylation sites is 1. The molecule has 0 spiro atoms. The number of hydrogen-bond donors (Lipinski definition) is 1. The minimum absolute atomic E-state index is 0.670. The Morgan fingerprint density at radius 2 is 2.06 bits per heavy atom. The molecule has 2 rings (SSSR count). The molecule has 1 heterocycles. The lowest BCUT2D eigenvalue weighted by molar-refractivity contribution is 0.440. The van der Waals surface area contributed by atoms with Crippen LogP contribution in [0.5, 0.6) is 0 Å². The van der Waals surface area contributed by atoms with Gasteiger partial charge in [0.1, 0.15) is 0 Å². The van der Waals surface area contributed by atoms with Crippen LogP contribution in [0.3, 0.4) is 0 Å². The minimum atomic E-state index is 0.670. The van der Waals surface area contributed by atoms with Crippen LogP contribution in [0.1, 0.15) is 26.3 Å². The predicted molar refractivity (Wildman–Crippen MR) is 76.8 cm³/mol. The van der Waals surface area contributed by atoms with Crippen molar-refractivity contribution in [2.24, 2.45) is 11.8 Å². The van der Waals surface area contributed by atoms with E-state index in [1.54, 1.807) is 11.3 Å². The summed E-state index contributed by atoms with van der Waals surface area (Å²) < 4.78 is 1.27. The number of nitrogens with zero attached hydrogens (tertiary/aromatic N) is 1. The molecule has 0 saturated heterocycles. The van der Waals surface area contributed by atoms with Crippen molar-refractivity contribution in [2.45, 2.75) is 27.7 Å². The lowest BCUT2D eigenvalue weighted by Gasteiger charge is -2.15. The fraction of sp³-hybridized carbons (Fsp3) is 0.500. The second-order valence-corrected chi connectivity index (χ2v) is 6.07. The van der Waals surface area contributed by atoms with Gasteiger partial charge in [-0.3, -0.25) is 0 Å². The molecule has 0 aliphatic heterocycles. The molecule has 17 heavy (non-hydrogen) atoms. The van der Waals surface area contributed by atoms with Crippen LogP contribution < -0.4 is 5.32 Å². The molecule has 1 unspecified atom stereocenters. The molecule has 92 valence electrons. The van der Waals surface area contributed by atoms with Crippen LogP contribution in [0.25, 0.3) is 10.2 Å². The summed E-state index contributed by atoms with van der Waals surface area (Å²) in [4.78, 5) is 4.65. The Labute approximate surface area is 107 Å². The van der Waals surface area contributed by atoms with Crippen molar-refractivity contribution in [2.75, 3.05) is 11.9 Å². The highest BCUT2D eigenvalue weighted by Crippen LogP contribution is 2.28. The Morgan fingerprint density at radius 1 is 1.29 bits per heavy atom. The van der Waals surface area contributed by atoms with Crippen LogP contribution >= 0.6 is 11.3 Å². The first-order valence-corrected chi connectivity index (χ1v) is 6.99. The molecule has 2 nitrogen and oxygen atoms in total. The van der Waals surface area contributed by atoms with E-state index in [0.717, 1.165) is 17.2 Å². The first-order chi connectivity index (χ1) is 8.08. The molecule has 0 aliphatic rings. The summed E-state index contributed by atoms with van der Waals surface area (Å²) in [5.74, 6) is 1.38. The monoisotopic (exact) mass is 248 g/mol. The lowest BCUT2D eigenvalue weighted by atomic mass is 9.98. The topological polar surface area (TPSA) is 24.9 Å². The fourth-order valence-corrected chi connectivity index (χ4v) is 2.60. The molecule has 1 N–H and O–H groups in total. The van der Waals surface area contributed by atoms with Crippen molar-refractivity contribution in [1.82, 2.24) is 4.98 Å². The molecule has 1 aromatic heterocycles. The SMILES string of the molecule is Cc1cccc2sc(NCC(C)C(C)C)nc12. The smallest absolute Gasteiger partial charge is 0.183 e. The molecular formula is C14H20N2S. The Hall–Kier alpha value is -1.09. The van der Waals surface area contributed by atoms with Crippen molar-refractivity contribution in [3.8, 4) is 0 Å². The van der Waals surface area contributed by atoms with Gasteiger partial charge in [-0.1, -0.05) is 44.2 Å². The van der Waals surface area contributed by atoms with E-state index in [-0.39, 0.29) is 0 Å². The highest BCUT2D eigenvalue weighted by atomic mass is 32.1. The maximum Gasteiger partial charge on any atom is 0.183 e. The van der Waals surface area contributed by atoms with Gasteiger partial charge in [0.25, 0.3) is 0 Å². The van der Waals surface area contributed by atoms with E-state index in [1.165, 1.54) is 10.3 Å². The molecule has 1 aromatic carbocycles. The average Bonchev–Trinajstić information content (AvgIpc) is 2.70. The molecule has 0 amide bonds. The number of fused-ring (bicyclic) bond motifs is 1. The normalized spacial score (nSPS) is 13.2. The third-order valence-electron chi connectivity index (χ3n) is 3.33. The van der Waals surface area contributed by atoms with Gasteiger partial charge >= 0.3 is 0 Å². The highest BCUT2D eigenvalue weighted by molar-refractivity contribution is 7.22. The van der Waals surface area contributed by atoms with Gasteiger partial charge in [-0.05, 0) is 30.4 Å². The van der Waals surface area contributed by atoms with E-state index in [0.29, 0.717) is 11.8 Å². The first kappa shape index (κ1) is 12.4. The van der Waals surface area contributed by atoms with Gasteiger partial charge in [0.15, 0.2) is 5.13 Å². The number of benzene rings is 1. The van der Waals surface area contributed by atoms with Crippen molar-refractivity contribution in [1.29, 1.82) is 0 Å². The van der Waals surface area contributed by atoms with Gasteiger partial charge in [0.2, 0.25) is 0 Å². The van der Waals surface area contributed by atoms with Gasteiger partial charge in [-0.2, -0.15) is 0 Å². The fourth-order valence-electron chi connectivity index (χ4n) is 1.65. The summed E-state index contributed by atoms with van der Waals surface area (Å²) in [6.45, 7) is 9.90. The number of hydrogen-bond acceptors (Lipinski definition) is 3. The number of thiazole rings is 1. The zero-order valence-electron chi connectivity index (χ0n) is 10.9. The van der Waals surface area contributed by atoms with E-state index in [4.69, 9.17) is 0 Å². The standard InChI is InChI=1S/C14H20N2S/c1-9(2)11(4)8-15-14-16-13-10(3)6-5-7-12(13)17-14/h5-7,9,11H,8H2,1-4H3,(H,15,16). The Morgan fingerprint density at radius 3 is 2.71 bits per heavy atom. The third-order valence-corrected chi connectivity index (χ3v) is 4.31. The maximum atomic E-state index is 4.65. The molecule has 0 aliphatic carbocycles. The minimum Gasteiger partial charge on any atom is -0.361 e. The van der Waals surface area contributed by atoms with Crippen molar-refractivity contribution in [3.63, 3.8) is 0 Å². The van der Waals surface area contributed by atoms with Gasteiger partial charge in [0.05, 0.1) is 10.2 Å². The van der Waals surface area contributed by atoms with E-state index >= 15 is 0 Å². The van der Waals surface area contributed by atoms with Crippen molar-refractivity contribution < 1.29 is 0 Å². The summed E-state index contributed by atoms with van der Waals surface area (Å²) in [5.41, 5.74) is 2.39. The lowest BCUT2D eigenvalue weighted by Crippen LogP contribution is -2.15. The van der Waals surface area contributed by atoms with Gasteiger partial charge < -0.3 is 5.32 Å². The summed E-state index contributed by atoms with van der Waals surface area (Å²) >= 11 is 1.74. The number of aryl methyl sites for hydroxylation is 1. The predicted octanol–water partition coefficient (Wildman–Crippen LogP) is 4.31. The van der Waals surface area contributed by atoms with E-state index in [1.807, 2.05) is 0 Å². The van der Waals surface area contributed by atoms with Crippen LogP contribution in [0, 0.1) is 18.8 Å². The molecule has 0 bridgehead atoms. The van der Waals surface area contributed by atoms with E-state index in [9.17, 15) is 0 Å². The Bertz CT molecular complexity index is 502. The van der Waals surface area contributed by atoms with Crippen LogP contribution in [0.4, 0.5) is 5.13 Å². The first-order valence-electron chi connectivity index (χ1n) is 6.18. The Balaban J connectivity index is 2.12. The maximum absolute atomic E-state index is 4.65. The van der Waals surface area contributed by atoms with Crippen LogP contribution in [0.15, 0.2) is 18.2 Å². The second-order valence-electron chi connectivity index (χ2n) is 5.04. The van der Waals surface area contributed by atoms with E-state index in [2.05, 4.69) is 56.2 Å². The summed E-state index contributed by atoms with van der Waals surface area (Å²) in [6, 6.07) is 6.34. The molecule has 0 radical (unpaired) electrons. The zero-order chi connectivity index (χ0) is 12.4.